The minimum Gasteiger partial charge on any atom is -0.478 e. The van der Waals surface area contributed by atoms with Gasteiger partial charge in [0.1, 0.15) is 0 Å². The van der Waals surface area contributed by atoms with Crippen molar-refractivity contribution in [2.24, 2.45) is 5.92 Å². The number of aromatic nitrogens is 1. The molecule has 1 aromatic carbocycles. The molecule has 0 aliphatic heterocycles. The number of hydrogen-bond acceptors (Lipinski definition) is 4. The second-order valence-electron chi connectivity index (χ2n) is 7.17. The molecule has 1 aromatic heterocycles. The number of carbonyl (C=O) groups is 1. The number of hydrogen-bond donors (Lipinski definition) is 2. The summed E-state index contributed by atoms with van der Waals surface area (Å²) in [6.07, 6.45) is 12.5. The van der Waals surface area contributed by atoms with Crippen LogP contribution in [0, 0.1) is 5.92 Å². The van der Waals surface area contributed by atoms with Crippen LogP contribution in [0.2, 0.25) is 0 Å². The first kappa shape index (κ1) is 20.4. The van der Waals surface area contributed by atoms with E-state index in [9.17, 15) is 9.90 Å². The number of anilines is 2. The number of allylic oxidation sites excluding steroid dienone is 3. The van der Waals surface area contributed by atoms with Crippen LogP contribution in [0.5, 0.6) is 0 Å². The zero-order valence-electron chi connectivity index (χ0n) is 16.7. The van der Waals surface area contributed by atoms with Gasteiger partial charge >= 0.3 is 5.97 Å². The van der Waals surface area contributed by atoms with Crippen molar-refractivity contribution in [3.8, 4) is 0 Å². The maximum absolute atomic E-state index is 11.4. The lowest BCUT2D eigenvalue weighted by Gasteiger charge is -2.21. The molecule has 5 heteroatoms. The fourth-order valence-corrected chi connectivity index (χ4v) is 3.43. The highest BCUT2D eigenvalue weighted by atomic mass is 16.4. The normalized spacial score (nSPS) is 19.8. The molecular formula is C24H27N3O2. The van der Waals surface area contributed by atoms with E-state index in [0.717, 1.165) is 36.2 Å². The molecule has 0 amide bonds. The SMILES string of the molecule is C=C1/C=C\C(N(C)c2ccccc2)=C/CCC[C@@H]1CNc1cnccc1C(=O)O. The standard InChI is InChI=1S/C24H27N3O2/c1-18-12-13-21(27(2)20-9-4-3-5-10-20)11-7-6-8-19(18)16-26-23-17-25-15-14-22(23)24(28)29/h3-5,9-15,17,19,26H,1,6-8,16H2,2H3,(H,28,29)/b13-12-,21-11+/t19-/m1/s1. The van der Waals surface area contributed by atoms with Gasteiger partial charge in [0.15, 0.2) is 0 Å². The zero-order valence-corrected chi connectivity index (χ0v) is 16.7. The minimum absolute atomic E-state index is 0.225. The van der Waals surface area contributed by atoms with E-state index in [4.69, 9.17) is 0 Å². The number of carboxylic acid groups (broad SMARTS) is 1. The second-order valence-corrected chi connectivity index (χ2v) is 7.17. The monoisotopic (exact) mass is 389 g/mol. The molecule has 0 spiro atoms. The Balaban J connectivity index is 1.69. The number of carboxylic acids is 1. The summed E-state index contributed by atoms with van der Waals surface area (Å²) in [4.78, 5) is 17.6. The number of para-hydroxylation sites is 1. The predicted molar refractivity (Wildman–Crippen MR) is 118 cm³/mol. The fraction of sp³-hybridized carbons (Fsp3) is 0.250. The number of nitrogens with one attached hydrogen (secondary N) is 1. The Hall–Kier alpha value is -3.34. The molecule has 0 saturated carbocycles. The molecule has 2 aromatic rings. The highest BCUT2D eigenvalue weighted by Crippen LogP contribution is 2.25. The van der Waals surface area contributed by atoms with Gasteiger partial charge in [-0.1, -0.05) is 42.5 Å². The van der Waals surface area contributed by atoms with Gasteiger partial charge in [0.25, 0.3) is 0 Å². The van der Waals surface area contributed by atoms with Crippen LogP contribution in [0.4, 0.5) is 11.4 Å². The van der Waals surface area contributed by atoms with Crippen molar-refractivity contribution in [3.63, 3.8) is 0 Å². The molecule has 2 N–H and O–H groups in total. The van der Waals surface area contributed by atoms with Crippen LogP contribution < -0.4 is 10.2 Å². The number of rotatable bonds is 6. The highest BCUT2D eigenvalue weighted by Gasteiger charge is 2.15. The quantitative estimate of drug-likeness (QED) is 0.717. The summed E-state index contributed by atoms with van der Waals surface area (Å²) in [6.45, 7) is 4.89. The van der Waals surface area contributed by atoms with Crippen LogP contribution in [0.3, 0.4) is 0 Å². The van der Waals surface area contributed by atoms with Gasteiger partial charge in [-0.05, 0) is 43.5 Å². The van der Waals surface area contributed by atoms with Crippen molar-refractivity contribution in [2.75, 3.05) is 23.8 Å². The van der Waals surface area contributed by atoms with E-state index in [1.807, 2.05) is 18.2 Å². The number of aromatic carboxylic acids is 1. The minimum atomic E-state index is -0.958. The first-order chi connectivity index (χ1) is 14.1. The molecule has 1 heterocycles. The second kappa shape index (κ2) is 9.73. The van der Waals surface area contributed by atoms with Crippen molar-refractivity contribution in [2.45, 2.75) is 19.3 Å². The number of pyridine rings is 1. The summed E-state index contributed by atoms with van der Waals surface area (Å²) in [6, 6.07) is 11.8. The lowest BCUT2D eigenvalue weighted by Crippen LogP contribution is -2.17. The summed E-state index contributed by atoms with van der Waals surface area (Å²) < 4.78 is 0. The van der Waals surface area contributed by atoms with Gasteiger partial charge in [-0.3, -0.25) is 4.98 Å². The van der Waals surface area contributed by atoms with Crippen molar-refractivity contribution in [1.82, 2.24) is 4.98 Å². The van der Waals surface area contributed by atoms with Gasteiger partial charge in [-0.25, -0.2) is 4.79 Å². The van der Waals surface area contributed by atoms with Gasteiger partial charge in [0.2, 0.25) is 0 Å². The Morgan fingerprint density at radius 3 is 2.83 bits per heavy atom. The molecule has 150 valence electrons. The average molecular weight is 389 g/mol. The molecule has 0 radical (unpaired) electrons. The topological polar surface area (TPSA) is 65.5 Å². The Labute approximate surface area is 172 Å². The predicted octanol–water partition coefficient (Wildman–Crippen LogP) is 5.12. The van der Waals surface area contributed by atoms with Crippen LogP contribution >= 0.6 is 0 Å². The smallest absolute Gasteiger partial charge is 0.337 e. The van der Waals surface area contributed by atoms with E-state index >= 15 is 0 Å². The van der Waals surface area contributed by atoms with E-state index in [1.165, 1.54) is 12.3 Å². The maximum atomic E-state index is 11.4. The maximum Gasteiger partial charge on any atom is 0.337 e. The van der Waals surface area contributed by atoms with E-state index in [1.54, 1.807) is 6.20 Å². The summed E-state index contributed by atoms with van der Waals surface area (Å²) >= 11 is 0. The average Bonchev–Trinajstić information content (AvgIpc) is 2.83. The van der Waals surface area contributed by atoms with E-state index < -0.39 is 5.97 Å². The molecule has 1 aliphatic rings. The number of nitrogens with zero attached hydrogens (tertiary/aromatic N) is 2. The summed E-state index contributed by atoms with van der Waals surface area (Å²) in [5, 5.41) is 12.6. The molecule has 5 nitrogen and oxygen atoms in total. The van der Waals surface area contributed by atoms with Crippen LogP contribution in [0.1, 0.15) is 29.6 Å². The number of likely N-dealkylation sites (N-methyl/N-ethyl adjacent to an activating group) is 1. The van der Waals surface area contributed by atoms with Crippen molar-refractivity contribution in [1.29, 1.82) is 0 Å². The Morgan fingerprint density at radius 1 is 1.28 bits per heavy atom. The van der Waals surface area contributed by atoms with Crippen molar-refractivity contribution < 1.29 is 9.90 Å². The van der Waals surface area contributed by atoms with Crippen molar-refractivity contribution >= 4 is 17.3 Å². The van der Waals surface area contributed by atoms with Crippen LogP contribution in [0.25, 0.3) is 0 Å². The zero-order chi connectivity index (χ0) is 20.6. The van der Waals surface area contributed by atoms with E-state index in [-0.39, 0.29) is 11.5 Å². The summed E-state index contributed by atoms with van der Waals surface area (Å²) in [7, 11) is 2.07. The van der Waals surface area contributed by atoms with Crippen molar-refractivity contribution in [3.05, 3.63) is 90.4 Å². The van der Waals surface area contributed by atoms with E-state index in [0.29, 0.717) is 12.2 Å². The summed E-state index contributed by atoms with van der Waals surface area (Å²) in [5.41, 5.74) is 4.10. The molecule has 1 aliphatic carbocycles. The molecule has 0 saturated heterocycles. The fourth-order valence-electron chi connectivity index (χ4n) is 3.43. The Morgan fingerprint density at radius 2 is 2.07 bits per heavy atom. The molecule has 29 heavy (non-hydrogen) atoms. The summed E-state index contributed by atoms with van der Waals surface area (Å²) in [5.74, 6) is -0.733. The third-order valence-electron chi connectivity index (χ3n) is 5.22. The first-order valence-electron chi connectivity index (χ1n) is 9.83. The molecule has 0 bridgehead atoms. The van der Waals surface area contributed by atoms with Crippen LogP contribution in [-0.4, -0.2) is 29.7 Å². The third-order valence-corrected chi connectivity index (χ3v) is 5.22. The molecule has 3 rings (SSSR count). The van der Waals surface area contributed by atoms with Gasteiger partial charge in [0, 0.05) is 37.1 Å². The van der Waals surface area contributed by atoms with Crippen LogP contribution in [-0.2, 0) is 0 Å². The number of benzene rings is 1. The Bertz CT molecular complexity index is 919. The largest absolute Gasteiger partial charge is 0.478 e. The van der Waals surface area contributed by atoms with Gasteiger partial charge in [0.05, 0.1) is 17.4 Å². The molecule has 0 unspecified atom stereocenters. The van der Waals surface area contributed by atoms with Gasteiger partial charge in [-0.15, -0.1) is 0 Å². The third kappa shape index (κ3) is 5.35. The van der Waals surface area contributed by atoms with Crippen LogP contribution in [0.15, 0.2) is 84.9 Å². The highest BCUT2D eigenvalue weighted by molar-refractivity contribution is 5.93. The lowest BCUT2D eigenvalue weighted by atomic mass is 9.94. The molecule has 0 fully saturated rings. The van der Waals surface area contributed by atoms with E-state index in [2.05, 4.69) is 59.2 Å². The molecule has 1 atom stereocenters. The Kier molecular flexibility index (Phi) is 6.85. The van der Waals surface area contributed by atoms with Gasteiger partial charge < -0.3 is 15.3 Å². The molecular weight excluding hydrogens is 362 g/mol. The first-order valence-corrected chi connectivity index (χ1v) is 9.83. The lowest BCUT2D eigenvalue weighted by molar-refractivity contribution is 0.0698. The van der Waals surface area contributed by atoms with Gasteiger partial charge in [-0.2, -0.15) is 0 Å².